The molecule has 4 aromatic carbocycles. The SMILES string of the molecule is Cc1cccc(C)c1B1N(C)c2ccc[c-]c2-c2nc(Oc3nc4c5c(O)cccc5c5cccc6c5n4c3C(C)(C)C6(C)C)cn21.[Pt]. The van der Waals surface area contributed by atoms with Crippen LogP contribution in [0, 0.1) is 19.9 Å². The van der Waals surface area contributed by atoms with E-state index >= 15 is 0 Å². The summed E-state index contributed by atoms with van der Waals surface area (Å²) in [5.74, 6) is 1.96. The summed E-state index contributed by atoms with van der Waals surface area (Å²) in [5.41, 5.74) is 9.02. The van der Waals surface area contributed by atoms with Crippen molar-refractivity contribution in [2.45, 2.75) is 52.4 Å². The van der Waals surface area contributed by atoms with E-state index in [0.717, 1.165) is 39.1 Å². The molecule has 0 saturated carbocycles. The van der Waals surface area contributed by atoms with Gasteiger partial charge in [0.05, 0.1) is 22.4 Å². The van der Waals surface area contributed by atoms with Crippen molar-refractivity contribution in [3.05, 3.63) is 107 Å². The monoisotopic (exact) mass is 811 g/mol. The normalized spacial score (nSPS) is 15.6. The molecule has 0 bridgehead atoms. The maximum atomic E-state index is 11.2. The second kappa shape index (κ2) is 10.2. The molecule has 0 saturated heterocycles. The van der Waals surface area contributed by atoms with Gasteiger partial charge < -0.3 is 19.1 Å². The molecule has 3 aromatic heterocycles. The molecule has 48 heavy (non-hydrogen) atoms. The predicted octanol–water partition coefficient (Wildman–Crippen LogP) is 7.68. The number of rotatable bonds is 3. The Kier molecular flexibility index (Phi) is 6.56. The van der Waals surface area contributed by atoms with Gasteiger partial charge in [-0.15, -0.1) is 24.3 Å². The fourth-order valence-electron chi connectivity index (χ4n) is 8.22. The molecule has 0 aliphatic carbocycles. The van der Waals surface area contributed by atoms with Gasteiger partial charge >= 0.3 is 6.98 Å². The second-order valence-electron chi connectivity index (χ2n) is 14.2. The van der Waals surface area contributed by atoms with Crippen LogP contribution in [-0.2, 0) is 31.9 Å². The van der Waals surface area contributed by atoms with Crippen LogP contribution in [0.3, 0.4) is 0 Å². The fourth-order valence-corrected chi connectivity index (χ4v) is 8.22. The molecule has 0 atom stereocenters. The number of phenolic OH excluding ortho intramolecular Hbond substituents is 1. The van der Waals surface area contributed by atoms with Crippen molar-refractivity contribution < 1.29 is 30.9 Å². The van der Waals surface area contributed by atoms with Crippen LogP contribution in [0.1, 0.15) is 50.1 Å². The summed E-state index contributed by atoms with van der Waals surface area (Å²) < 4.78 is 11.3. The number of nitrogens with zero attached hydrogens (tertiary/aromatic N) is 5. The van der Waals surface area contributed by atoms with Crippen LogP contribution in [0.25, 0.3) is 38.7 Å². The van der Waals surface area contributed by atoms with Crippen LogP contribution in [0.2, 0.25) is 0 Å². The molecule has 2 aliphatic rings. The first-order valence-corrected chi connectivity index (χ1v) is 16.2. The largest absolute Gasteiger partial charge is 0.507 e. The minimum Gasteiger partial charge on any atom is -0.507 e. The van der Waals surface area contributed by atoms with E-state index in [1.54, 1.807) is 6.07 Å². The van der Waals surface area contributed by atoms with Crippen molar-refractivity contribution in [2.75, 3.05) is 11.9 Å². The summed E-state index contributed by atoms with van der Waals surface area (Å²) in [6, 6.07) is 28.2. The Bertz CT molecular complexity index is 2460. The molecule has 0 fully saturated rings. The van der Waals surface area contributed by atoms with Crippen LogP contribution in [0.5, 0.6) is 17.5 Å². The first kappa shape index (κ1) is 30.8. The number of aromatic hydroxyl groups is 1. The van der Waals surface area contributed by atoms with E-state index in [4.69, 9.17) is 14.7 Å². The zero-order valence-corrected chi connectivity index (χ0v) is 30.3. The van der Waals surface area contributed by atoms with Gasteiger partial charge in [-0.25, -0.2) is 4.98 Å². The standard InChI is InChI=1S/C39H35BN5O2.Pt/c1-22-13-10-14-23(2)32(22)40-43(7)28-19-9-8-15-26(28)35-41-30(21-44(35)40)47-37-34-39(5,6)38(3,4)27-18-11-17-25-24-16-12-20-29(46)31(24)36(42-37)45(34)33(25)27;/h8-14,16-21,46H,1-7H3;/q-1;. The molecule has 0 radical (unpaired) electrons. The van der Waals surface area contributed by atoms with Crippen molar-refractivity contribution in [3.63, 3.8) is 0 Å². The number of phenols is 1. The molecule has 9 heteroatoms. The minimum absolute atomic E-state index is 0. The van der Waals surface area contributed by atoms with Crippen LogP contribution < -0.4 is 15.0 Å². The summed E-state index contributed by atoms with van der Waals surface area (Å²) in [6.07, 6.45) is 2.00. The molecular formula is C39H35BN5O2Pt-. The van der Waals surface area contributed by atoms with Crippen molar-refractivity contribution in [3.8, 4) is 28.9 Å². The Balaban J connectivity index is 0.00000336. The predicted molar refractivity (Wildman–Crippen MR) is 190 cm³/mol. The Morgan fingerprint density at radius 2 is 1.56 bits per heavy atom. The number of aromatic nitrogens is 4. The van der Waals surface area contributed by atoms with Crippen molar-refractivity contribution in [2.24, 2.45) is 0 Å². The zero-order valence-electron chi connectivity index (χ0n) is 28.0. The first-order chi connectivity index (χ1) is 22.5. The maximum Gasteiger partial charge on any atom is 0.399 e. The molecule has 7 nitrogen and oxygen atoms in total. The number of para-hydroxylation sites is 1. The number of aryl methyl sites for hydroxylation is 2. The third-order valence-corrected chi connectivity index (χ3v) is 11.3. The average molecular weight is 812 g/mol. The fraction of sp³-hybridized carbons (Fsp3) is 0.231. The van der Waals surface area contributed by atoms with Crippen LogP contribution in [0.4, 0.5) is 5.69 Å². The molecule has 9 rings (SSSR count). The molecule has 7 aromatic rings. The Labute approximate surface area is 294 Å². The van der Waals surface area contributed by atoms with Gasteiger partial charge in [0.2, 0.25) is 11.8 Å². The maximum absolute atomic E-state index is 11.2. The van der Waals surface area contributed by atoms with Crippen LogP contribution in [-0.4, -0.2) is 38.0 Å². The summed E-state index contributed by atoms with van der Waals surface area (Å²) in [4.78, 5) is 12.6. The van der Waals surface area contributed by atoms with Gasteiger partial charge in [-0.1, -0.05) is 98.6 Å². The van der Waals surface area contributed by atoms with Gasteiger partial charge in [0.1, 0.15) is 5.75 Å². The second-order valence-corrected chi connectivity index (χ2v) is 14.2. The van der Waals surface area contributed by atoms with Crippen molar-refractivity contribution in [1.29, 1.82) is 0 Å². The van der Waals surface area contributed by atoms with Gasteiger partial charge in [0.15, 0.2) is 5.65 Å². The summed E-state index contributed by atoms with van der Waals surface area (Å²) >= 11 is 0. The average Bonchev–Trinajstić information content (AvgIpc) is 3.64. The van der Waals surface area contributed by atoms with Crippen molar-refractivity contribution >= 4 is 45.5 Å². The molecule has 0 amide bonds. The van der Waals surface area contributed by atoms with E-state index in [0.29, 0.717) is 22.8 Å². The third-order valence-electron chi connectivity index (χ3n) is 11.3. The van der Waals surface area contributed by atoms with E-state index in [1.807, 2.05) is 24.4 Å². The number of hydrogen-bond acceptors (Lipinski definition) is 5. The van der Waals surface area contributed by atoms with E-state index < -0.39 is 0 Å². The van der Waals surface area contributed by atoms with Crippen LogP contribution in [0.15, 0.2) is 79.0 Å². The topological polar surface area (TPSA) is 67.8 Å². The third kappa shape index (κ3) is 3.81. The summed E-state index contributed by atoms with van der Waals surface area (Å²) in [7, 11) is 2.13. The van der Waals surface area contributed by atoms with Gasteiger partial charge in [-0.2, -0.15) is 4.98 Å². The van der Waals surface area contributed by atoms with E-state index in [9.17, 15) is 5.11 Å². The quantitative estimate of drug-likeness (QED) is 0.113. The number of anilines is 1. The Morgan fingerprint density at radius 1 is 0.854 bits per heavy atom. The van der Waals surface area contributed by atoms with Crippen LogP contribution >= 0.6 is 0 Å². The summed E-state index contributed by atoms with van der Waals surface area (Å²) in [5, 5.41) is 14.0. The van der Waals surface area contributed by atoms with E-state index in [2.05, 4.69) is 117 Å². The van der Waals surface area contributed by atoms with E-state index in [-0.39, 0.29) is 44.6 Å². The number of pyridine rings is 1. The van der Waals surface area contributed by atoms with Gasteiger partial charge in [0, 0.05) is 43.5 Å². The molecule has 0 unspecified atom stereocenters. The smallest absolute Gasteiger partial charge is 0.399 e. The molecule has 5 heterocycles. The Hall–Kier alpha value is -4.55. The number of imidazole rings is 2. The van der Waals surface area contributed by atoms with Gasteiger partial charge in [-0.3, -0.25) is 4.40 Å². The summed E-state index contributed by atoms with van der Waals surface area (Å²) in [6.45, 7) is 13.3. The van der Waals surface area contributed by atoms with Gasteiger partial charge in [-0.05, 0) is 43.4 Å². The first-order valence-electron chi connectivity index (χ1n) is 16.2. The van der Waals surface area contributed by atoms with Gasteiger partial charge in [0.25, 0.3) is 0 Å². The number of fused-ring (bicyclic) bond motifs is 6. The number of hydrogen-bond donors (Lipinski definition) is 1. The molecular weight excluding hydrogens is 776 g/mol. The molecule has 2 aliphatic heterocycles. The molecule has 0 spiro atoms. The number of benzene rings is 4. The number of ether oxygens (including phenoxy) is 1. The van der Waals surface area contributed by atoms with E-state index in [1.165, 1.54) is 22.2 Å². The molecule has 1 N–H and O–H groups in total. The molecule has 242 valence electrons. The Morgan fingerprint density at radius 3 is 2.33 bits per heavy atom. The van der Waals surface area contributed by atoms with Crippen molar-refractivity contribution in [1.82, 2.24) is 18.8 Å². The zero-order chi connectivity index (χ0) is 32.6. The minimum atomic E-state index is -0.387.